The van der Waals surface area contributed by atoms with Gasteiger partial charge in [0.1, 0.15) is 23.7 Å². The minimum Gasteiger partial charge on any atom is -0.485 e. The molecule has 1 aromatic heterocycles. The normalized spacial score (nSPS) is 10.7. The van der Waals surface area contributed by atoms with Crippen molar-refractivity contribution in [2.24, 2.45) is 0 Å². The first-order valence-electron chi connectivity index (χ1n) is 7.49. The van der Waals surface area contributed by atoms with Crippen LogP contribution in [0.3, 0.4) is 0 Å². The summed E-state index contributed by atoms with van der Waals surface area (Å²) in [7, 11) is 1.36. The number of aryl methyl sites for hydroxylation is 1. The highest BCUT2D eigenvalue weighted by atomic mass is 16.5. The van der Waals surface area contributed by atoms with Crippen LogP contribution in [0.15, 0.2) is 48.5 Å². The van der Waals surface area contributed by atoms with Crippen LogP contribution in [-0.2, 0) is 17.9 Å². The van der Waals surface area contributed by atoms with Crippen molar-refractivity contribution in [1.82, 2.24) is 9.55 Å². The zero-order chi connectivity index (χ0) is 16.2. The number of hydrogen-bond acceptors (Lipinski definition) is 4. The second-order valence-electron chi connectivity index (χ2n) is 5.04. The lowest BCUT2D eigenvalue weighted by atomic mass is 10.2. The van der Waals surface area contributed by atoms with Crippen LogP contribution in [0.5, 0.6) is 5.75 Å². The molecule has 0 fully saturated rings. The molecular weight excluding hydrogens is 292 g/mol. The van der Waals surface area contributed by atoms with Crippen molar-refractivity contribution in [3.8, 4) is 5.75 Å². The van der Waals surface area contributed by atoms with Gasteiger partial charge in [-0.05, 0) is 31.2 Å². The Labute approximate surface area is 134 Å². The number of carbonyl (C=O) groups excluding carboxylic acids is 1. The van der Waals surface area contributed by atoms with E-state index in [1.54, 1.807) is 18.2 Å². The summed E-state index contributed by atoms with van der Waals surface area (Å²) in [6.07, 6.45) is 0. The van der Waals surface area contributed by atoms with E-state index < -0.39 is 5.97 Å². The molecule has 5 nitrogen and oxygen atoms in total. The van der Waals surface area contributed by atoms with Gasteiger partial charge in [-0.1, -0.05) is 24.3 Å². The summed E-state index contributed by atoms with van der Waals surface area (Å²) in [6.45, 7) is 3.16. The summed E-state index contributed by atoms with van der Waals surface area (Å²) in [6, 6.07) is 15.0. The van der Waals surface area contributed by atoms with Gasteiger partial charge in [0.2, 0.25) is 0 Å². The van der Waals surface area contributed by atoms with Gasteiger partial charge in [-0.25, -0.2) is 9.78 Å². The van der Waals surface area contributed by atoms with Crippen LogP contribution in [0, 0.1) is 0 Å². The summed E-state index contributed by atoms with van der Waals surface area (Å²) < 4.78 is 12.7. The lowest BCUT2D eigenvalue weighted by Gasteiger charge is -2.11. The SMILES string of the molecule is CCn1c(COc2ccccc2C(=O)OC)nc2ccccc21. The average Bonchev–Trinajstić information content (AvgIpc) is 2.97. The molecule has 3 aromatic rings. The highest BCUT2D eigenvalue weighted by Gasteiger charge is 2.14. The summed E-state index contributed by atoms with van der Waals surface area (Å²) in [5.74, 6) is 0.909. The third kappa shape index (κ3) is 2.90. The van der Waals surface area contributed by atoms with Crippen LogP contribution in [-0.4, -0.2) is 22.6 Å². The number of rotatable bonds is 5. The van der Waals surface area contributed by atoms with Gasteiger partial charge in [0.15, 0.2) is 0 Å². The second kappa shape index (κ2) is 6.52. The molecule has 23 heavy (non-hydrogen) atoms. The Hall–Kier alpha value is -2.82. The molecule has 5 heteroatoms. The van der Waals surface area contributed by atoms with E-state index in [-0.39, 0.29) is 6.61 Å². The van der Waals surface area contributed by atoms with Gasteiger partial charge in [0.25, 0.3) is 0 Å². The van der Waals surface area contributed by atoms with Gasteiger partial charge in [-0.2, -0.15) is 0 Å². The molecule has 0 saturated heterocycles. The number of aromatic nitrogens is 2. The van der Waals surface area contributed by atoms with Gasteiger partial charge in [-0.15, -0.1) is 0 Å². The minimum atomic E-state index is -0.412. The molecule has 2 aromatic carbocycles. The van der Waals surface area contributed by atoms with Crippen LogP contribution in [0.4, 0.5) is 0 Å². The molecule has 1 heterocycles. The van der Waals surface area contributed by atoms with Crippen molar-refractivity contribution in [2.45, 2.75) is 20.1 Å². The van der Waals surface area contributed by atoms with E-state index >= 15 is 0 Å². The Morgan fingerprint density at radius 2 is 1.87 bits per heavy atom. The van der Waals surface area contributed by atoms with E-state index in [0.29, 0.717) is 11.3 Å². The quantitative estimate of drug-likeness (QED) is 0.678. The molecule has 0 bridgehead atoms. The fourth-order valence-corrected chi connectivity index (χ4v) is 2.60. The zero-order valence-electron chi connectivity index (χ0n) is 13.2. The van der Waals surface area contributed by atoms with Gasteiger partial charge in [-0.3, -0.25) is 0 Å². The number of fused-ring (bicyclic) bond motifs is 1. The monoisotopic (exact) mass is 310 g/mol. The summed E-state index contributed by atoms with van der Waals surface area (Å²) in [5.41, 5.74) is 2.43. The molecule has 0 aliphatic carbocycles. The molecule has 0 amide bonds. The van der Waals surface area contributed by atoms with Crippen molar-refractivity contribution in [2.75, 3.05) is 7.11 Å². The Kier molecular flexibility index (Phi) is 4.28. The van der Waals surface area contributed by atoms with Crippen molar-refractivity contribution in [3.05, 3.63) is 59.9 Å². The standard InChI is InChI=1S/C18H18N2O3/c1-3-20-15-10-6-5-9-14(15)19-17(20)12-23-16-11-7-4-8-13(16)18(21)22-2/h4-11H,3,12H2,1-2H3. The van der Waals surface area contributed by atoms with E-state index in [1.807, 2.05) is 30.3 Å². The molecule has 118 valence electrons. The topological polar surface area (TPSA) is 53.4 Å². The molecule has 0 atom stereocenters. The molecule has 0 radical (unpaired) electrons. The van der Waals surface area contributed by atoms with Crippen molar-refractivity contribution in [3.63, 3.8) is 0 Å². The smallest absolute Gasteiger partial charge is 0.341 e. The molecule has 0 aliphatic rings. The molecule has 0 N–H and O–H groups in total. The van der Waals surface area contributed by atoms with Crippen LogP contribution in [0.25, 0.3) is 11.0 Å². The molecule has 0 unspecified atom stereocenters. The number of carbonyl (C=O) groups is 1. The number of methoxy groups -OCH3 is 1. The second-order valence-corrected chi connectivity index (χ2v) is 5.04. The highest BCUT2D eigenvalue weighted by Crippen LogP contribution is 2.22. The third-order valence-electron chi connectivity index (χ3n) is 3.70. The predicted molar refractivity (Wildman–Crippen MR) is 87.5 cm³/mol. The maximum Gasteiger partial charge on any atom is 0.341 e. The maximum absolute atomic E-state index is 11.8. The van der Waals surface area contributed by atoms with Gasteiger partial charge in [0, 0.05) is 6.54 Å². The highest BCUT2D eigenvalue weighted by molar-refractivity contribution is 5.92. The largest absolute Gasteiger partial charge is 0.485 e. The van der Waals surface area contributed by atoms with Gasteiger partial charge < -0.3 is 14.0 Å². The lowest BCUT2D eigenvalue weighted by molar-refractivity contribution is 0.0595. The average molecular weight is 310 g/mol. The molecule has 0 saturated carbocycles. The number of nitrogens with zero attached hydrogens (tertiary/aromatic N) is 2. The predicted octanol–water partition coefficient (Wildman–Crippen LogP) is 3.42. The Bertz CT molecular complexity index is 839. The number of para-hydroxylation sites is 3. The maximum atomic E-state index is 11.8. The van der Waals surface area contributed by atoms with E-state index in [9.17, 15) is 4.79 Å². The van der Waals surface area contributed by atoms with Crippen LogP contribution in [0.1, 0.15) is 23.1 Å². The Morgan fingerprint density at radius 3 is 2.65 bits per heavy atom. The van der Waals surface area contributed by atoms with Crippen molar-refractivity contribution >= 4 is 17.0 Å². The van der Waals surface area contributed by atoms with Crippen molar-refractivity contribution in [1.29, 1.82) is 0 Å². The first-order chi connectivity index (χ1) is 11.2. The van der Waals surface area contributed by atoms with E-state index in [4.69, 9.17) is 9.47 Å². The first kappa shape index (κ1) is 15.1. The third-order valence-corrected chi connectivity index (χ3v) is 3.70. The summed E-state index contributed by atoms with van der Waals surface area (Å²) >= 11 is 0. The number of ether oxygens (including phenoxy) is 2. The minimum absolute atomic E-state index is 0.288. The number of imidazole rings is 1. The molecular formula is C18H18N2O3. The first-order valence-corrected chi connectivity index (χ1v) is 7.49. The molecule has 3 rings (SSSR count). The van der Waals surface area contributed by atoms with Gasteiger partial charge in [0.05, 0.1) is 18.1 Å². The Morgan fingerprint density at radius 1 is 1.13 bits per heavy atom. The fraction of sp³-hybridized carbons (Fsp3) is 0.222. The van der Waals surface area contributed by atoms with E-state index in [0.717, 1.165) is 23.4 Å². The van der Waals surface area contributed by atoms with Crippen molar-refractivity contribution < 1.29 is 14.3 Å². The van der Waals surface area contributed by atoms with Crippen LogP contribution < -0.4 is 4.74 Å². The van der Waals surface area contributed by atoms with Crippen LogP contribution >= 0.6 is 0 Å². The van der Waals surface area contributed by atoms with Gasteiger partial charge >= 0.3 is 5.97 Å². The molecule has 0 aliphatic heterocycles. The van der Waals surface area contributed by atoms with E-state index in [2.05, 4.69) is 16.5 Å². The number of esters is 1. The fourth-order valence-electron chi connectivity index (χ4n) is 2.60. The number of hydrogen-bond donors (Lipinski definition) is 0. The zero-order valence-corrected chi connectivity index (χ0v) is 13.2. The van der Waals surface area contributed by atoms with E-state index in [1.165, 1.54) is 7.11 Å². The lowest BCUT2D eigenvalue weighted by Crippen LogP contribution is -2.09. The summed E-state index contributed by atoms with van der Waals surface area (Å²) in [5, 5.41) is 0. The molecule has 0 spiro atoms. The number of benzene rings is 2. The Balaban J connectivity index is 1.88. The van der Waals surface area contributed by atoms with Crippen LogP contribution in [0.2, 0.25) is 0 Å². The summed E-state index contributed by atoms with van der Waals surface area (Å²) in [4.78, 5) is 16.4.